The Morgan fingerprint density at radius 2 is 1.94 bits per heavy atom. The van der Waals surface area contributed by atoms with E-state index >= 15 is 0 Å². The van der Waals surface area contributed by atoms with Crippen molar-refractivity contribution in [3.05, 3.63) is 35.9 Å². The zero-order chi connectivity index (χ0) is 12.7. The first-order valence-corrected chi connectivity index (χ1v) is 7.22. The Labute approximate surface area is 112 Å². The summed E-state index contributed by atoms with van der Waals surface area (Å²) in [4.78, 5) is 14.3. The molecule has 0 aliphatic rings. The lowest BCUT2D eigenvalue weighted by molar-refractivity contribution is -0.132. The maximum absolute atomic E-state index is 12.3. The summed E-state index contributed by atoms with van der Waals surface area (Å²) in [6, 6.07) is 9.96. The molecule has 0 N–H and O–H groups in total. The maximum atomic E-state index is 12.3. The molecule has 1 unspecified atom stereocenters. The molecule has 0 heterocycles. The van der Waals surface area contributed by atoms with Gasteiger partial charge in [-0.05, 0) is 18.9 Å². The van der Waals surface area contributed by atoms with E-state index in [1.807, 2.05) is 42.2 Å². The zero-order valence-corrected chi connectivity index (χ0v) is 12.1. The second-order valence-electron chi connectivity index (χ2n) is 4.15. The molecule has 17 heavy (non-hydrogen) atoms. The number of alkyl halides is 1. The number of amides is 1. The molecule has 0 fully saturated rings. The fourth-order valence-electron chi connectivity index (χ4n) is 1.86. The third-order valence-corrected chi connectivity index (χ3v) is 3.18. The summed E-state index contributed by atoms with van der Waals surface area (Å²) in [6.07, 6.45) is 1.00. The minimum atomic E-state index is -0.0539. The van der Waals surface area contributed by atoms with Gasteiger partial charge in [-0.25, -0.2) is 0 Å². The summed E-state index contributed by atoms with van der Waals surface area (Å²) in [6.45, 7) is 5.70. The lowest BCUT2D eigenvalue weighted by atomic mass is 10.00. The molecule has 2 nitrogen and oxygen atoms in total. The van der Waals surface area contributed by atoms with Crippen LogP contribution in [0.3, 0.4) is 0 Å². The highest BCUT2D eigenvalue weighted by atomic mass is 79.9. The molecular formula is C14H20BrNO. The fourth-order valence-corrected chi connectivity index (χ4v) is 2.29. The predicted molar refractivity (Wildman–Crippen MR) is 75.5 cm³/mol. The van der Waals surface area contributed by atoms with Crippen LogP contribution in [0.2, 0.25) is 0 Å². The van der Waals surface area contributed by atoms with Crippen LogP contribution < -0.4 is 0 Å². The highest BCUT2D eigenvalue weighted by Crippen LogP contribution is 2.17. The molecule has 1 rings (SSSR count). The van der Waals surface area contributed by atoms with Crippen molar-refractivity contribution in [2.45, 2.75) is 26.2 Å². The Bertz CT molecular complexity index is 333. The van der Waals surface area contributed by atoms with E-state index in [9.17, 15) is 4.79 Å². The number of halogens is 1. The Morgan fingerprint density at radius 1 is 1.29 bits per heavy atom. The minimum Gasteiger partial charge on any atom is -0.341 e. The van der Waals surface area contributed by atoms with Crippen LogP contribution in [0.4, 0.5) is 0 Å². The molecular weight excluding hydrogens is 278 g/mol. The van der Waals surface area contributed by atoms with E-state index in [1.165, 1.54) is 0 Å². The number of hydrogen-bond acceptors (Lipinski definition) is 1. The van der Waals surface area contributed by atoms with Crippen LogP contribution in [0.25, 0.3) is 0 Å². The van der Waals surface area contributed by atoms with Gasteiger partial charge < -0.3 is 4.90 Å². The Morgan fingerprint density at radius 3 is 2.47 bits per heavy atom. The van der Waals surface area contributed by atoms with Crippen molar-refractivity contribution < 1.29 is 4.79 Å². The van der Waals surface area contributed by atoms with E-state index in [0.29, 0.717) is 0 Å². The number of carbonyl (C=O) groups is 1. The largest absolute Gasteiger partial charge is 0.341 e. The van der Waals surface area contributed by atoms with E-state index < -0.39 is 0 Å². The summed E-state index contributed by atoms with van der Waals surface area (Å²) in [5, 5.41) is 0.834. The standard InChI is InChI=1S/C14H20BrNO/c1-3-10-16(11-9-15)14(17)12(2)13-7-5-4-6-8-13/h4-8,12H,3,9-11H2,1-2H3. The van der Waals surface area contributed by atoms with E-state index in [0.717, 1.165) is 30.4 Å². The summed E-state index contributed by atoms with van der Waals surface area (Å²) < 4.78 is 0. The van der Waals surface area contributed by atoms with Crippen molar-refractivity contribution in [1.82, 2.24) is 4.90 Å². The molecule has 0 aromatic heterocycles. The molecule has 3 heteroatoms. The SMILES string of the molecule is CCCN(CCBr)C(=O)C(C)c1ccccc1. The van der Waals surface area contributed by atoms with Crippen molar-refractivity contribution >= 4 is 21.8 Å². The molecule has 1 atom stereocenters. The van der Waals surface area contributed by atoms with Crippen LogP contribution in [-0.2, 0) is 4.79 Å². The van der Waals surface area contributed by atoms with Gasteiger partial charge in [0.2, 0.25) is 5.91 Å². The Hall–Kier alpha value is -0.830. The van der Waals surface area contributed by atoms with Crippen LogP contribution in [0.1, 0.15) is 31.7 Å². The van der Waals surface area contributed by atoms with Gasteiger partial charge in [0.15, 0.2) is 0 Å². The molecule has 0 saturated heterocycles. The smallest absolute Gasteiger partial charge is 0.229 e. The van der Waals surface area contributed by atoms with Crippen LogP contribution >= 0.6 is 15.9 Å². The van der Waals surface area contributed by atoms with Crippen molar-refractivity contribution in [2.24, 2.45) is 0 Å². The van der Waals surface area contributed by atoms with Gasteiger partial charge >= 0.3 is 0 Å². The quantitative estimate of drug-likeness (QED) is 0.737. The molecule has 1 amide bonds. The first-order valence-electron chi connectivity index (χ1n) is 6.10. The summed E-state index contributed by atoms with van der Waals surface area (Å²) in [5.41, 5.74) is 1.09. The predicted octanol–water partition coefficient (Wildman–Crippen LogP) is 3.42. The van der Waals surface area contributed by atoms with Crippen molar-refractivity contribution in [3.63, 3.8) is 0 Å². The number of rotatable bonds is 6. The normalized spacial score (nSPS) is 12.2. The molecule has 0 saturated carbocycles. The number of hydrogen-bond donors (Lipinski definition) is 0. The third kappa shape index (κ3) is 4.15. The van der Waals surface area contributed by atoms with Gasteiger partial charge in [-0.3, -0.25) is 4.79 Å². The molecule has 0 radical (unpaired) electrons. The average Bonchev–Trinajstić information content (AvgIpc) is 2.38. The van der Waals surface area contributed by atoms with Crippen molar-refractivity contribution in [2.75, 3.05) is 18.4 Å². The van der Waals surface area contributed by atoms with Crippen LogP contribution in [0.5, 0.6) is 0 Å². The summed E-state index contributed by atoms with van der Waals surface area (Å²) >= 11 is 3.40. The highest BCUT2D eigenvalue weighted by Gasteiger charge is 2.20. The summed E-state index contributed by atoms with van der Waals surface area (Å²) in [5.74, 6) is 0.166. The summed E-state index contributed by atoms with van der Waals surface area (Å²) in [7, 11) is 0. The topological polar surface area (TPSA) is 20.3 Å². The maximum Gasteiger partial charge on any atom is 0.229 e. The van der Waals surface area contributed by atoms with E-state index in [-0.39, 0.29) is 11.8 Å². The molecule has 0 bridgehead atoms. The number of carbonyl (C=O) groups excluding carboxylic acids is 1. The monoisotopic (exact) mass is 297 g/mol. The van der Waals surface area contributed by atoms with Gasteiger partial charge in [0.25, 0.3) is 0 Å². The molecule has 1 aromatic carbocycles. The van der Waals surface area contributed by atoms with E-state index in [4.69, 9.17) is 0 Å². The molecule has 0 spiro atoms. The fraction of sp³-hybridized carbons (Fsp3) is 0.500. The highest BCUT2D eigenvalue weighted by molar-refractivity contribution is 9.09. The van der Waals surface area contributed by atoms with Gasteiger partial charge in [-0.15, -0.1) is 0 Å². The Kier molecular flexibility index (Phi) is 6.27. The second kappa shape index (κ2) is 7.49. The second-order valence-corrected chi connectivity index (χ2v) is 4.94. The van der Waals surface area contributed by atoms with Crippen molar-refractivity contribution in [1.29, 1.82) is 0 Å². The van der Waals surface area contributed by atoms with E-state index in [2.05, 4.69) is 22.9 Å². The van der Waals surface area contributed by atoms with Crippen LogP contribution in [-0.4, -0.2) is 29.2 Å². The average molecular weight is 298 g/mol. The number of nitrogens with zero attached hydrogens (tertiary/aromatic N) is 1. The molecule has 0 aliphatic carbocycles. The van der Waals surface area contributed by atoms with Gasteiger partial charge in [-0.1, -0.05) is 53.2 Å². The first-order chi connectivity index (χ1) is 8.20. The van der Waals surface area contributed by atoms with Crippen LogP contribution in [0.15, 0.2) is 30.3 Å². The number of benzene rings is 1. The minimum absolute atomic E-state index is 0.0539. The lowest BCUT2D eigenvalue weighted by Crippen LogP contribution is -2.36. The van der Waals surface area contributed by atoms with E-state index in [1.54, 1.807) is 0 Å². The van der Waals surface area contributed by atoms with Gasteiger partial charge in [0, 0.05) is 18.4 Å². The first kappa shape index (κ1) is 14.2. The van der Waals surface area contributed by atoms with Gasteiger partial charge in [-0.2, -0.15) is 0 Å². The third-order valence-electron chi connectivity index (χ3n) is 2.83. The Balaban J connectivity index is 2.73. The molecule has 0 aliphatic heterocycles. The molecule has 94 valence electrons. The molecule has 1 aromatic rings. The van der Waals surface area contributed by atoms with Gasteiger partial charge in [0.05, 0.1) is 5.92 Å². The van der Waals surface area contributed by atoms with Crippen molar-refractivity contribution in [3.8, 4) is 0 Å². The lowest BCUT2D eigenvalue weighted by Gasteiger charge is -2.24. The van der Waals surface area contributed by atoms with Crippen LogP contribution in [0, 0.1) is 0 Å². The van der Waals surface area contributed by atoms with Gasteiger partial charge in [0.1, 0.15) is 0 Å². The zero-order valence-electron chi connectivity index (χ0n) is 10.5.